The predicted octanol–water partition coefficient (Wildman–Crippen LogP) is 2.83. The van der Waals surface area contributed by atoms with E-state index in [2.05, 4.69) is 20.9 Å². The Morgan fingerprint density at radius 1 is 1.00 bits per heavy atom. The molecule has 0 aliphatic rings. The maximum absolute atomic E-state index is 11.8. The number of carbonyl (C=O) groups is 1. The third-order valence-electron chi connectivity index (χ3n) is 3.99. The first kappa shape index (κ1) is 25.6. The molecule has 30 heavy (non-hydrogen) atoms. The van der Waals surface area contributed by atoms with Gasteiger partial charge in [-0.2, -0.15) is 0 Å². The topological polar surface area (TPSA) is 97.1 Å². The van der Waals surface area contributed by atoms with Gasteiger partial charge < -0.3 is 29.8 Å². The summed E-state index contributed by atoms with van der Waals surface area (Å²) in [5.41, 5.74) is 1.14. The third kappa shape index (κ3) is 8.52. The van der Waals surface area contributed by atoms with Crippen LogP contribution >= 0.6 is 24.0 Å². The van der Waals surface area contributed by atoms with Crippen molar-refractivity contribution in [2.24, 2.45) is 4.99 Å². The van der Waals surface area contributed by atoms with Crippen LogP contribution in [0.1, 0.15) is 30.0 Å². The number of hydrogen-bond donors (Lipinski definition) is 3. The molecule has 0 aliphatic heterocycles. The average molecular weight is 530 g/mol. The van der Waals surface area contributed by atoms with Gasteiger partial charge in [-0.3, -0.25) is 9.79 Å². The smallest absolute Gasteiger partial charge is 0.287 e. The number of rotatable bonds is 11. The second-order valence-corrected chi connectivity index (χ2v) is 6.06. The molecular formula is C21H31IN4O4. The summed E-state index contributed by atoms with van der Waals surface area (Å²) in [5.74, 6) is 2.27. The minimum atomic E-state index is -0.236. The zero-order chi connectivity index (χ0) is 20.9. The van der Waals surface area contributed by atoms with Crippen LogP contribution in [0, 0.1) is 0 Å². The average Bonchev–Trinajstić information content (AvgIpc) is 3.27. The van der Waals surface area contributed by atoms with E-state index in [9.17, 15) is 4.79 Å². The Morgan fingerprint density at radius 2 is 1.70 bits per heavy atom. The molecule has 3 N–H and O–H groups in total. The van der Waals surface area contributed by atoms with Gasteiger partial charge in [0.25, 0.3) is 5.91 Å². The lowest BCUT2D eigenvalue weighted by Crippen LogP contribution is -2.42. The van der Waals surface area contributed by atoms with Crippen molar-refractivity contribution in [2.75, 3.05) is 39.9 Å². The zero-order valence-corrected chi connectivity index (χ0v) is 20.0. The van der Waals surface area contributed by atoms with E-state index in [0.29, 0.717) is 44.6 Å². The fraction of sp³-hybridized carbons (Fsp3) is 0.429. The van der Waals surface area contributed by atoms with Crippen LogP contribution in [0.15, 0.2) is 46.0 Å². The van der Waals surface area contributed by atoms with Gasteiger partial charge in [0.05, 0.1) is 19.5 Å². The van der Waals surface area contributed by atoms with Gasteiger partial charge in [-0.05, 0) is 50.1 Å². The molecular weight excluding hydrogens is 499 g/mol. The van der Waals surface area contributed by atoms with Crippen molar-refractivity contribution in [3.8, 4) is 11.5 Å². The lowest BCUT2D eigenvalue weighted by Gasteiger charge is -2.14. The van der Waals surface area contributed by atoms with Gasteiger partial charge in [-0.1, -0.05) is 6.07 Å². The summed E-state index contributed by atoms with van der Waals surface area (Å²) in [4.78, 5) is 16.0. The molecule has 166 valence electrons. The van der Waals surface area contributed by atoms with Gasteiger partial charge in [-0.25, -0.2) is 0 Å². The molecule has 0 unspecified atom stereocenters. The van der Waals surface area contributed by atoms with E-state index in [1.807, 2.05) is 32.0 Å². The standard InChI is InChI=1S/C21H30N4O4.HI/c1-4-27-17-9-8-16(15-19(17)28-5-2)10-11-24-21(22-3)25-13-12-23-20(26)18-7-6-14-29-18;/h6-9,14-15H,4-5,10-13H2,1-3H3,(H,23,26)(H2,22,24,25);1H. The number of nitrogens with one attached hydrogen (secondary N) is 3. The summed E-state index contributed by atoms with van der Waals surface area (Å²) in [5, 5.41) is 9.20. The molecule has 9 heteroatoms. The fourth-order valence-corrected chi connectivity index (χ4v) is 2.65. The lowest BCUT2D eigenvalue weighted by atomic mass is 10.1. The van der Waals surface area contributed by atoms with Crippen molar-refractivity contribution < 1.29 is 18.7 Å². The molecule has 8 nitrogen and oxygen atoms in total. The van der Waals surface area contributed by atoms with Crippen LogP contribution in [0.25, 0.3) is 0 Å². The summed E-state index contributed by atoms with van der Waals surface area (Å²) in [7, 11) is 1.71. The molecule has 1 aromatic heterocycles. The predicted molar refractivity (Wildman–Crippen MR) is 128 cm³/mol. The van der Waals surface area contributed by atoms with Gasteiger partial charge in [-0.15, -0.1) is 24.0 Å². The van der Waals surface area contributed by atoms with Crippen molar-refractivity contribution in [3.05, 3.63) is 47.9 Å². The highest BCUT2D eigenvalue weighted by Gasteiger charge is 2.08. The van der Waals surface area contributed by atoms with Crippen LogP contribution < -0.4 is 25.4 Å². The normalized spacial score (nSPS) is 10.7. The summed E-state index contributed by atoms with van der Waals surface area (Å²) in [6.45, 7) is 6.81. The van der Waals surface area contributed by atoms with E-state index in [0.717, 1.165) is 23.5 Å². The molecule has 0 saturated heterocycles. The number of guanidine groups is 1. The SMILES string of the molecule is CCOc1ccc(CCNC(=NC)NCCNC(=O)c2ccco2)cc1OCC.I. The molecule has 1 amide bonds. The largest absolute Gasteiger partial charge is 0.490 e. The Labute approximate surface area is 194 Å². The first-order chi connectivity index (χ1) is 14.2. The molecule has 0 aliphatic carbocycles. The van der Waals surface area contributed by atoms with Crippen molar-refractivity contribution in [3.63, 3.8) is 0 Å². The summed E-state index contributed by atoms with van der Waals surface area (Å²) >= 11 is 0. The lowest BCUT2D eigenvalue weighted by molar-refractivity contribution is 0.0926. The van der Waals surface area contributed by atoms with E-state index < -0.39 is 0 Å². The van der Waals surface area contributed by atoms with E-state index in [1.165, 1.54) is 6.26 Å². The van der Waals surface area contributed by atoms with Gasteiger partial charge in [0.2, 0.25) is 0 Å². The van der Waals surface area contributed by atoms with Crippen LogP contribution in [-0.2, 0) is 6.42 Å². The number of nitrogens with zero attached hydrogens (tertiary/aromatic N) is 1. The molecule has 1 aromatic carbocycles. The fourth-order valence-electron chi connectivity index (χ4n) is 2.65. The molecule has 0 atom stereocenters. The number of furan rings is 1. The third-order valence-corrected chi connectivity index (χ3v) is 3.99. The molecule has 0 saturated carbocycles. The number of ether oxygens (including phenoxy) is 2. The van der Waals surface area contributed by atoms with Crippen LogP contribution in [-0.4, -0.2) is 51.8 Å². The Morgan fingerprint density at radius 3 is 2.37 bits per heavy atom. The number of hydrogen-bond acceptors (Lipinski definition) is 5. The van der Waals surface area contributed by atoms with Crippen LogP contribution in [0.4, 0.5) is 0 Å². The second kappa shape index (κ2) is 14.5. The molecule has 2 aromatic rings. The van der Waals surface area contributed by atoms with Gasteiger partial charge in [0, 0.05) is 26.7 Å². The van der Waals surface area contributed by atoms with Gasteiger partial charge >= 0.3 is 0 Å². The van der Waals surface area contributed by atoms with Crippen molar-refractivity contribution in [1.29, 1.82) is 0 Å². The van der Waals surface area contributed by atoms with Crippen molar-refractivity contribution >= 4 is 35.8 Å². The van der Waals surface area contributed by atoms with Gasteiger partial charge in [0.1, 0.15) is 0 Å². The van der Waals surface area contributed by atoms with Crippen molar-refractivity contribution in [2.45, 2.75) is 20.3 Å². The molecule has 0 fully saturated rings. The Bertz CT molecular complexity index is 781. The monoisotopic (exact) mass is 530 g/mol. The summed E-state index contributed by atoms with van der Waals surface area (Å²) < 4.78 is 16.3. The number of benzene rings is 1. The van der Waals surface area contributed by atoms with Gasteiger partial charge in [0.15, 0.2) is 23.2 Å². The van der Waals surface area contributed by atoms with Crippen LogP contribution in [0.5, 0.6) is 11.5 Å². The Balaban J connectivity index is 0.00000450. The maximum Gasteiger partial charge on any atom is 0.287 e. The molecule has 0 spiro atoms. The Hall–Kier alpha value is -2.43. The highest BCUT2D eigenvalue weighted by molar-refractivity contribution is 14.0. The minimum Gasteiger partial charge on any atom is -0.490 e. The molecule has 1 heterocycles. The molecule has 0 bridgehead atoms. The first-order valence-corrected chi connectivity index (χ1v) is 9.82. The molecule has 0 radical (unpaired) electrons. The van der Waals surface area contributed by atoms with E-state index in [-0.39, 0.29) is 29.9 Å². The number of amides is 1. The minimum absolute atomic E-state index is 0. The Kier molecular flexibility index (Phi) is 12.4. The summed E-state index contributed by atoms with van der Waals surface area (Å²) in [6, 6.07) is 9.30. The van der Waals surface area contributed by atoms with Crippen LogP contribution in [0.2, 0.25) is 0 Å². The van der Waals surface area contributed by atoms with Crippen LogP contribution in [0.3, 0.4) is 0 Å². The highest BCUT2D eigenvalue weighted by Crippen LogP contribution is 2.28. The first-order valence-electron chi connectivity index (χ1n) is 9.82. The van der Waals surface area contributed by atoms with E-state index >= 15 is 0 Å². The zero-order valence-electron chi connectivity index (χ0n) is 17.7. The van der Waals surface area contributed by atoms with E-state index in [1.54, 1.807) is 19.2 Å². The highest BCUT2D eigenvalue weighted by atomic mass is 127. The number of aliphatic imine (C=N–C) groups is 1. The maximum atomic E-state index is 11.8. The van der Waals surface area contributed by atoms with E-state index in [4.69, 9.17) is 13.9 Å². The quantitative estimate of drug-likeness (QED) is 0.179. The summed E-state index contributed by atoms with van der Waals surface area (Å²) in [6.07, 6.45) is 2.28. The van der Waals surface area contributed by atoms with Crippen molar-refractivity contribution in [1.82, 2.24) is 16.0 Å². The number of carbonyl (C=O) groups excluding carboxylic acids is 1. The molecule has 2 rings (SSSR count). The second-order valence-electron chi connectivity index (χ2n) is 6.06. The number of halogens is 1.